The summed E-state index contributed by atoms with van der Waals surface area (Å²) in [4.78, 5) is 18.6. The van der Waals surface area contributed by atoms with E-state index in [1.165, 1.54) is 23.2 Å². The molecule has 0 spiro atoms. The molecule has 0 saturated carbocycles. The van der Waals surface area contributed by atoms with E-state index in [2.05, 4.69) is 4.98 Å². The van der Waals surface area contributed by atoms with Crippen LogP contribution in [0.25, 0.3) is 0 Å². The van der Waals surface area contributed by atoms with Crippen LogP contribution in [0.15, 0.2) is 71.8 Å². The molecular weight excluding hydrogens is 412 g/mol. The summed E-state index contributed by atoms with van der Waals surface area (Å²) in [6.07, 6.45) is 1.42. The summed E-state index contributed by atoms with van der Waals surface area (Å²) in [5, 5.41) is 9.49. The summed E-state index contributed by atoms with van der Waals surface area (Å²) in [5.74, 6) is 0.0155. The van der Waals surface area contributed by atoms with Crippen molar-refractivity contribution in [2.24, 2.45) is 0 Å². The summed E-state index contributed by atoms with van der Waals surface area (Å²) in [7, 11) is -4.14. The van der Waals surface area contributed by atoms with Crippen molar-refractivity contribution in [3.05, 3.63) is 83.0 Å². The van der Waals surface area contributed by atoms with Crippen molar-refractivity contribution in [3.8, 4) is 6.07 Å². The van der Waals surface area contributed by atoms with Gasteiger partial charge in [0, 0.05) is 11.2 Å². The number of hydrogen-bond acceptors (Lipinski definition) is 5. The third-order valence-electron chi connectivity index (χ3n) is 4.38. The zero-order valence-corrected chi connectivity index (χ0v) is 16.4. The van der Waals surface area contributed by atoms with E-state index >= 15 is 0 Å². The molecule has 0 aliphatic carbocycles. The fraction of sp³-hybridized carbons (Fsp3) is 0.0500. The van der Waals surface area contributed by atoms with E-state index in [0.717, 1.165) is 4.31 Å². The molecule has 29 heavy (non-hydrogen) atoms. The Kier molecular flexibility index (Phi) is 4.70. The van der Waals surface area contributed by atoms with Gasteiger partial charge in [0.1, 0.15) is 4.90 Å². The van der Waals surface area contributed by atoms with Crippen LogP contribution in [-0.4, -0.2) is 23.7 Å². The van der Waals surface area contributed by atoms with Crippen LogP contribution in [0.1, 0.15) is 11.1 Å². The predicted molar refractivity (Wildman–Crippen MR) is 107 cm³/mol. The quantitative estimate of drug-likeness (QED) is 0.631. The number of rotatable bonds is 3. The standard InChI is InChI=1S/C20H13ClN4O3S/c21-16-6-2-7-17(11-16)25-19-18(8-3-9-23-19)29(27,28)24(20(25)26)13-15-5-1-4-14(10-15)12-22/h1-11H,13H2. The van der Waals surface area contributed by atoms with E-state index < -0.39 is 16.1 Å². The summed E-state index contributed by atoms with van der Waals surface area (Å²) in [6.45, 7) is -0.220. The molecule has 144 valence electrons. The Morgan fingerprint density at radius 3 is 2.62 bits per heavy atom. The van der Waals surface area contributed by atoms with Crippen LogP contribution in [0.2, 0.25) is 5.02 Å². The number of anilines is 2. The number of amides is 2. The molecule has 2 aromatic carbocycles. The van der Waals surface area contributed by atoms with Crippen molar-refractivity contribution >= 4 is 39.2 Å². The van der Waals surface area contributed by atoms with Gasteiger partial charge in [-0.25, -0.2) is 27.4 Å². The van der Waals surface area contributed by atoms with Gasteiger partial charge in [-0.3, -0.25) is 0 Å². The number of halogens is 1. The smallest absolute Gasteiger partial charge is 0.246 e. The minimum absolute atomic E-state index is 0.0155. The van der Waals surface area contributed by atoms with Gasteiger partial charge in [-0.1, -0.05) is 29.8 Å². The van der Waals surface area contributed by atoms with Crippen molar-refractivity contribution in [1.29, 1.82) is 5.26 Å². The van der Waals surface area contributed by atoms with Gasteiger partial charge < -0.3 is 0 Å². The molecular formula is C20H13ClN4O3S. The summed E-state index contributed by atoms with van der Waals surface area (Å²) in [6, 6.07) is 17.1. The van der Waals surface area contributed by atoms with Gasteiger partial charge in [-0.15, -0.1) is 0 Å². The fourth-order valence-electron chi connectivity index (χ4n) is 3.08. The van der Waals surface area contributed by atoms with E-state index in [1.807, 2.05) is 6.07 Å². The number of fused-ring (bicyclic) bond motifs is 1. The lowest BCUT2D eigenvalue weighted by molar-refractivity contribution is 0.229. The normalized spacial score (nSPS) is 15.0. The number of benzene rings is 2. The van der Waals surface area contributed by atoms with Crippen LogP contribution in [0.3, 0.4) is 0 Å². The molecule has 1 aliphatic heterocycles. The summed E-state index contributed by atoms with van der Waals surface area (Å²) in [5.41, 5.74) is 1.28. The molecule has 1 aromatic heterocycles. The van der Waals surface area contributed by atoms with E-state index in [4.69, 9.17) is 16.9 Å². The minimum atomic E-state index is -4.14. The molecule has 0 radical (unpaired) electrons. The number of aromatic nitrogens is 1. The fourth-order valence-corrected chi connectivity index (χ4v) is 4.73. The highest BCUT2D eigenvalue weighted by Gasteiger charge is 2.43. The van der Waals surface area contributed by atoms with Gasteiger partial charge in [0.25, 0.3) is 10.0 Å². The van der Waals surface area contributed by atoms with Gasteiger partial charge >= 0.3 is 6.03 Å². The molecule has 0 bridgehead atoms. The molecule has 4 rings (SSSR count). The second-order valence-electron chi connectivity index (χ2n) is 6.25. The first-order valence-corrected chi connectivity index (χ1v) is 10.3. The Morgan fingerprint density at radius 2 is 1.86 bits per heavy atom. The first kappa shape index (κ1) is 18.9. The average molecular weight is 425 g/mol. The number of sulfonamides is 1. The molecule has 2 heterocycles. The number of carbonyl (C=O) groups excluding carboxylic acids is 1. The van der Waals surface area contributed by atoms with Gasteiger partial charge in [0.15, 0.2) is 5.82 Å². The van der Waals surface area contributed by atoms with E-state index in [1.54, 1.807) is 48.5 Å². The van der Waals surface area contributed by atoms with Crippen molar-refractivity contribution in [2.75, 3.05) is 4.90 Å². The predicted octanol–water partition coefficient (Wildman–Crippen LogP) is 4.07. The van der Waals surface area contributed by atoms with Crippen molar-refractivity contribution in [3.63, 3.8) is 0 Å². The molecule has 1 aliphatic rings. The van der Waals surface area contributed by atoms with Gasteiger partial charge in [-0.2, -0.15) is 5.26 Å². The number of pyridine rings is 1. The number of urea groups is 1. The first-order chi connectivity index (χ1) is 13.9. The van der Waals surface area contributed by atoms with Crippen LogP contribution in [0.4, 0.5) is 16.3 Å². The van der Waals surface area contributed by atoms with E-state index in [0.29, 0.717) is 21.8 Å². The zero-order chi connectivity index (χ0) is 20.6. The molecule has 7 nitrogen and oxygen atoms in total. The third kappa shape index (κ3) is 3.31. The van der Waals surface area contributed by atoms with E-state index in [-0.39, 0.29) is 17.3 Å². The lowest BCUT2D eigenvalue weighted by Gasteiger charge is -2.35. The number of nitrogens with zero attached hydrogens (tertiary/aromatic N) is 4. The minimum Gasteiger partial charge on any atom is -0.246 e. The summed E-state index contributed by atoms with van der Waals surface area (Å²) >= 11 is 6.07. The largest absolute Gasteiger partial charge is 0.344 e. The lowest BCUT2D eigenvalue weighted by Crippen LogP contribution is -2.48. The Balaban J connectivity index is 1.86. The molecule has 2 amide bonds. The van der Waals surface area contributed by atoms with Gasteiger partial charge in [0.2, 0.25) is 0 Å². The number of nitriles is 1. The van der Waals surface area contributed by atoms with Crippen LogP contribution in [0, 0.1) is 11.3 Å². The van der Waals surface area contributed by atoms with Crippen LogP contribution in [-0.2, 0) is 16.6 Å². The SMILES string of the molecule is N#Cc1cccc(CN2C(=O)N(c3cccc(Cl)c3)c3ncccc3S2(=O)=O)c1. The Labute approximate surface area is 172 Å². The van der Waals surface area contributed by atoms with Crippen molar-refractivity contribution < 1.29 is 13.2 Å². The topological polar surface area (TPSA) is 94.4 Å². The molecule has 3 aromatic rings. The van der Waals surface area contributed by atoms with Crippen molar-refractivity contribution in [2.45, 2.75) is 11.4 Å². The average Bonchev–Trinajstić information content (AvgIpc) is 2.72. The lowest BCUT2D eigenvalue weighted by atomic mass is 10.1. The number of hydrogen-bond donors (Lipinski definition) is 0. The zero-order valence-electron chi connectivity index (χ0n) is 14.9. The van der Waals surface area contributed by atoms with Gasteiger partial charge in [-0.05, 0) is 48.0 Å². The van der Waals surface area contributed by atoms with Crippen LogP contribution >= 0.6 is 11.6 Å². The van der Waals surface area contributed by atoms with Crippen LogP contribution < -0.4 is 4.90 Å². The highest BCUT2D eigenvalue weighted by molar-refractivity contribution is 7.90. The Bertz CT molecular complexity index is 1270. The maximum atomic E-state index is 13.3. The van der Waals surface area contributed by atoms with E-state index in [9.17, 15) is 13.2 Å². The molecule has 0 atom stereocenters. The van der Waals surface area contributed by atoms with Gasteiger partial charge in [0.05, 0.1) is 23.9 Å². The summed E-state index contributed by atoms with van der Waals surface area (Å²) < 4.78 is 27.1. The van der Waals surface area contributed by atoms with Crippen LogP contribution in [0.5, 0.6) is 0 Å². The highest BCUT2D eigenvalue weighted by Crippen LogP contribution is 2.38. The second-order valence-corrected chi connectivity index (χ2v) is 8.51. The monoisotopic (exact) mass is 424 g/mol. The second kappa shape index (κ2) is 7.20. The Morgan fingerprint density at radius 1 is 1.07 bits per heavy atom. The molecule has 9 heteroatoms. The molecule has 0 unspecified atom stereocenters. The molecule has 0 saturated heterocycles. The Hall–Kier alpha value is -3.41. The van der Waals surface area contributed by atoms with Crippen molar-refractivity contribution in [1.82, 2.24) is 9.29 Å². The number of carbonyl (C=O) groups is 1. The maximum absolute atomic E-state index is 13.3. The third-order valence-corrected chi connectivity index (χ3v) is 6.36. The first-order valence-electron chi connectivity index (χ1n) is 8.48. The maximum Gasteiger partial charge on any atom is 0.344 e. The molecule has 0 fully saturated rings. The molecule has 0 N–H and O–H groups in total. The highest BCUT2D eigenvalue weighted by atomic mass is 35.5.